The van der Waals surface area contributed by atoms with Gasteiger partial charge in [-0.1, -0.05) is 23.7 Å². The first kappa shape index (κ1) is 17.3. The summed E-state index contributed by atoms with van der Waals surface area (Å²) >= 11 is 5.81. The molecule has 0 saturated heterocycles. The van der Waals surface area contributed by atoms with Gasteiger partial charge < -0.3 is 20.4 Å². The van der Waals surface area contributed by atoms with Crippen molar-refractivity contribution in [2.24, 2.45) is 0 Å². The Bertz CT molecular complexity index is 516. The lowest BCUT2D eigenvalue weighted by molar-refractivity contribution is -0.155. The number of aliphatic carboxylic acids is 1. The van der Waals surface area contributed by atoms with Crippen molar-refractivity contribution in [3.63, 3.8) is 0 Å². The smallest absolute Gasteiger partial charge is 0.337 e. The van der Waals surface area contributed by atoms with Crippen LogP contribution < -0.4 is 5.32 Å². The number of nitrogens with one attached hydrogen (secondary N) is 1. The van der Waals surface area contributed by atoms with Gasteiger partial charge in [0.15, 0.2) is 5.60 Å². The summed E-state index contributed by atoms with van der Waals surface area (Å²) in [7, 11) is 1.59. The molecule has 1 aromatic carbocycles. The Morgan fingerprint density at radius 3 is 2.38 bits per heavy atom. The molecular weight excluding hydrogens is 296 g/mol. The standard InChI is InChI=1S/C14H19ClN2O4/c1-9(10-4-6-11(15)7-5-10)17(3)13(20)16-8-14(2,21)12(18)19/h4-7,9,21H,8H2,1-3H3,(H,16,20)(H,18,19). The first-order valence-corrected chi connectivity index (χ1v) is 6.75. The summed E-state index contributed by atoms with van der Waals surface area (Å²) in [6.07, 6.45) is 0. The molecule has 3 N–H and O–H groups in total. The molecule has 1 rings (SSSR count). The number of hydrogen-bond acceptors (Lipinski definition) is 3. The lowest BCUT2D eigenvalue weighted by Gasteiger charge is -2.27. The number of amides is 2. The molecule has 0 spiro atoms. The van der Waals surface area contributed by atoms with Crippen LogP contribution in [0.2, 0.25) is 5.02 Å². The van der Waals surface area contributed by atoms with Gasteiger partial charge in [-0.2, -0.15) is 0 Å². The minimum atomic E-state index is -2.00. The average Bonchev–Trinajstić information content (AvgIpc) is 2.44. The first-order chi connectivity index (χ1) is 9.65. The zero-order chi connectivity index (χ0) is 16.2. The fourth-order valence-electron chi connectivity index (χ4n) is 1.59. The van der Waals surface area contributed by atoms with Gasteiger partial charge in [-0.15, -0.1) is 0 Å². The van der Waals surface area contributed by atoms with E-state index in [1.165, 1.54) is 4.90 Å². The number of carbonyl (C=O) groups is 2. The van der Waals surface area contributed by atoms with E-state index in [0.29, 0.717) is 5.02 Å². The number of halogens is 1. The fourth-order valence-corrected chi connectivity index (χ4v) is 1.71. The maximum Gasteiger partial charge on any atom is 0.337 e. The third kappa shape index (κ3) is 4.61. The van der Waals surface area contributed by atoms with Gasteiger partial charge in [0.25, 0.3) is 0 Å². The molecule has 0 aliphatic rings. The fraction of sp³-hybridized carbons (Fsp3) is 0.429. The minimum Gasteiger partial charge on any atom is -0.479 e. The Hall–Kier alpha value is -1.79. The molecule has 7 heteroatoms. The van der Waals surface area contributed by atoms with Crippen LogP contribution in [0, 0.1) is 0 Å². The van der Waals surface area contributed by atoms with Crippen LogP contribution in [0.5, 0.6) is 0 Å². The molecule has 2 atom stereocenters. The zero-order valence-corrected chi connectivity index (χ0v) is 12.9. The highest BCUT2D eigenvalue weighted by Crippen LogP contribution is 2.20. The van der Waals surface area contributed by atoms with E-state index in [-0.39, 0.29) is 12.6 Å². The minimum absolute atomic E-state index is 0.225. The summed E-state index contributed by atoms with van der Waals surface area (Å²) < 4.78 is 0. The summed E-state index contributed by atoms with van der Waals surface area (Å²) in [5.74, 6) is -1.39. The predicted molar refractivity (Wildman–Crippen MR) is 79.3 cm³/mol. The number of rotatable bonds is 5. The van der Waals surface area contributed by atoms with E-state index in [0.717, 1.165) is 12.5 Å². The van der Waals surface area contributed by atoms with Crippen LogP contribution in [-0.2, 0) is 4.79 Å². The summed E-state index contributed by atoms with van der Waals surface area (Å²) in [5, 5.41) is 21.3. The number of benzene rings is 1. The number of carbonyl (C=O) groups excluding carboxylic acids is 1. The van der Waals surface area contributed by atoms with Gasteiger partial charge in [0, 0.05) is 12.1 Å². The second-order valence-electron chi connectivity index (χ2n) is 5.08. The molecule has 0 radical (unpaired) electrons. The molecule has 116 valence electrons. The van der Waals surface area contributed by atoms with Crippen molar-refractivity contribution >= 4 is 23.6 Å². The number of urea groups is 1. The van der Waals surface area contributed by atoms with Gasteiger partial charge in [-0.05, 0) is 31.5 Å². The van der Waals surface area contributed by atoms with Crippen LogP contribution in [0.3, 0.4) is 0 Å². The number of aliphatic hydroxyl groups is 1. The molecule has 0 heterocycles. The lowest BCUT2D eigenvalue weighted by atomic mass is 10.1. The molecule has 0 bridgehead atoms. The van der Waals surface area contributed by atoms with Crippen molar-refractivity contribution in [2.45, 2.75) is 25.5 Å². The van der Waals surface area contributed by atoms with E-state index >= 15 is 0 Å². The highest BCUT2D eigenvalue weighted by Gasteiger charge is 2.31. The maximum absolute atomic E-state index is 12.0. The van der Waals surface area contributed by atoms with Crippen molar-refractivity contribution in [1.82, 2.24) is 10.2 Å². The van der Waals surface area contributed by atoms with Crippen molar-refractivity contribution < 1.29 is 19.8 Å². The van der Waals surface area contributed by atoms with Crippen LogP contribution in [0.4, 0.5) is 4.79 Å². The Kier molecular flexibility index (Phi) is 5.57. The van der Waals surface area contributed by atoms with E-state index in [4.69, 9.17) is 16.7 Å². The highest BCUT2D eigenvalue weighted by atomic mass is 35.5. The van der Waals surface area contributed by atoms with Crippen LogP contribution in [-0.4, -0.2) is 46.3 Å². The van der Waals surface area contributed by atoms with E-state index in [1.54, 1.807) is 19.2 Å². The first-order valence-electron chi connectivity index (χ1n) is 6.37. The van der Waals surface area contributed by atoms with Gasteiger partial charge in [-0.3, -0.25) is 0 Å². The van der Waals surface area contributed by atoms with Crippen LogP contribution in [0.25, 0.3) is 0 Å². The number of nitrogens with zero attached hydrogens (tertiary/aromatic N) is 1. The molecule has 2 amide bonds. The average molecular weight is 315 g/mol. The lowest BCUT2D eigenvalue weighted by Crippen LogP contribution is -2.49. The van der Waals surface area contributed by atoms with Crippen molar-refractivity contribution in [1.29, 1.82) is 0 Å². The van der Waals surface area contributed by atoms with E-state index in [1.807, 2.05) is 19.1 Å². The van der Waals surface area contributed by atoms with Crippen LogP contribution in [0.15, 0.2) is 24.3 Å². The molecule has 1 aromatic rings. The van der Waals surface area contributed by atoms with Gasteiger partial charge in [0.05, 0.1) is 12.6 Å². The van der Waals surface area contributed by atoms with E-state index in [9.17, 15) is 14.7 Å². The van der Waals surface area contributed by atoms with Gasteiger partial charge in [0.1, 0.15) is 0 Å². The van der Waals surface area contributed by atoms with Crippen molar-refractivity contribution in [3.8, 4) is 0 Å². The topological polar surface area (TPSA) is 89.9 Å². The molecule has 2 unspecified atom stereocenters. The Labute approximate surface area is 128 Å². The quantitative estimate of drug-likeness (QED) is 0.774. The predicted octanol–water partition coefficient (Wildman–Crippen LogP) is 1.88. The number of hydrogen-bond donors (Lipinski definition) is 3. The summed E-state index contributed by atoms with van der Waals surface area (Å²) in [5.41, 5.74) is -1.11. The zero-order valence-electron chi connectivity index (χ0n) is 12.1. The molecular formula is C14H19ClN2O4. The largest absolute Gasteiger partial charge is 0.479 e. The molecule has 0 saturated carbocycles. The second-order valence-corrected chi connectivity index (χ2v) is 5.51. The SMILES string of the molecule is CC(c1ccc(Cl)cc1)N(C)C(=O)NCC(C)(O)C(=O)O. The summed E-state index contributed by atoms with van der Waals surface area (Å²) in [4.78, 5) is 24.2. The molecule has 0 fully saturated rings. The van der Waals surface area contributed by atoms with Gasteiger partial charge in [-0.25, -0.2) is 9.59 Å². The molecule has 6 nitrogen and oxygen atoms in total. The third-order valence-corrected chi connectivity index (χ3v) is 3.55. The Balaban J connectivity index is 2.65. The molecule has 0 aromatic heterocycles. The van der Waals surface area contributed by atoms with Crippen LogP contribution >= 0.6 is 11.6 Å². The summed E-state index contributed by atoms with van der Waals surface area (Å²) in [6.45, 7) is 2.58. The van der Waals surface area contributed by atoms with E-state index in [2.05, 4.69) is 5.32 Å². The normalized spacial score (nSPS) is 14.9. The number of carboxylic acids is 1. The van der Waals surface area contributed by atoms with Crippen LogP contribution in [0.1, 0.15) is 25.5 Å². The highest BCUT2D eigenvalue weighted by molar-refractivity contribution is 6.30. The maximum atomic E-state index is 12.0. The van der Waals surface area contributed by atoms with Gasteiger partial charge in [0.2, 0.25) is 0 Å². The monoisotopic (exact) mass is 314 g/mol. The van der Waals surface area contributed by atoms with Crippen molar-refractivity contribution in [3.05, 3.63) is 34.9 Å². The Morgan fingerprint density at radius 2 is 1.90 bits per heavy atom. The molecule has 0 aliphatic carbocycles. The molecule has 0 aliphatic heterocycles. The van der Waals surface area contributed by atoms with Gasteiger partial charge >= 0.3 is 12.0 Å². The Morgan fingerprint density at radius 1 is 1.38 bits per heavy atom. The van der Waals surface area contributed by atoms with E-state index < -0.39 is 17.6 Å². The summed E-state index contributed by atoms with van der Waals surface area (Å²) in [6, 6.07) is 6.38. The second kappa shape index (κ2) is 6.78. The third-order valence-electron chi connectivity index (χ3n) is 3.30. The molecule has 21 heavy (non-hydrogen) atoms. The van der Waals surface area contributed by atoms with Crippen molar-refractivity contribution in [2.75, 3.05) is 13.6 Å². The number of carboxylic acid groups (broad SMARTS) is 1.